The van der Waals surface area contributed by atoms with Crippen molar-refractivity contribution in [1.29, 1.82) is 0 Å². The standard InChI is InChI=1S/C27H33N7O3/c1-26(2,3)37-25(36)34-14-13-32(17-27(34)9-10-27)22-7-11-28-23-20(22)8-12-33(23)24(35)29-19-5-6-21-18(15-19)16-31(4)30-21/h5-7,11,15-16H,8-10,12-14,17H2,1-4H3,(H,29,35). The Morgan fingerprint density at radius 3 is 2.68 bits per heavy atom. The average molecular weight is 504 g/mol. The van der Waals surface area contributed by atoms with Crippen molar-refractivity contribution in [3.8, 4) is 0 Å². The number of nitrogens with one attached hydrogen (secondary N) is 1. The van der Waals surface area contributed by atoms with Crippen LogP contribution in [0.25, 0.3) is 10.9 Å². The maximum Gasteiger partial charge on any atom is 0.410 e. The minimum Gasteiger partial charge on any atom is -0.444 e. The van der Waals surface area contributed by atoms with Crippen LogP contribution in [0.4, 0.5) is 26.8 Å². The zero-order valence-corrected chi connectivity index (χ0v) is 21.8. The Morgan fingerprint density at radius 2 is 1.92 bits per heavy atom. The quantitative estimate of drug-likeness (QED) is 0.564. The second kappa shape index (κ2) is 8.36. The van der Waals surface area contributed by atoms with E-state index in [1.165, 1.54) is 0 Å². The Bertz CT molecular complexity index is 1390. The molecule has 1 spiro atoms. The zero-order valence-electron chi connectivity index (χ0n) is 21.8. The number of amides is 3. The molecule has 1 saturated heterocycles. The molecule has 2 fully saturated rings. The van der Waals surface area contributed by atoms with Crippen molar-refractivity contribution in [2.75, 3.05) is 41.3 Å². The SMILES string of the molecule is Cn1cc2cc(NC(=O)N3CCc4c(N5CCN(C(=O)OC(C)(C)C)C6(CC6)C5)ccnc43)ccc2n1. The molecule has 194 valence electrons. The van der Waals surface area contributed by atoms with Gasteiger partial charge in [-0.05, 0) is 64.3 Å². The summed E-state index contributed by atoms with van der Waals surface area (Å²) in [5, 5.41) is 8.39. The molecule has 0 radical (unpaired) electrons. The normalized spacial score (nSPS) is 18.3. The van der Waals surface area contributed by atoms with Gasteiger partial charge >= 0.3 is 12.1 Å². The molecule has 1 saturated carbocycles. The molecule has 3 amide bonds. The summed E-state index contributed by atoms with van der Waals surface area (Å²) >= 11 is 0. The fourth-order valence-corrected chi connectivity index (χ4v) is 5.54. The molecule has 6 rings (SSSR count). The summed E-state index contributed by atoms with van der Waals surface area (Å²) in [5.41, 5.74) is 3.12. The molecule has 0 unspecified atom stereocenters. The largest absolute Gasteiger partial charge is 0.444 e. The van der Waals surface area contributed by atoms with Crippen molar-refractivity contribution in [2.45, 2.75) is 51.2 Å². The Kier molecular flexibility index (Phi) is 5.32. The number of hydrogen-bond acceptors (Lipinski definition) is 6. The van der Waals surface area contributed by atoms with E-state index < -0.39 is 5.60 Å². The van der Waals surface area contributed by atoms with Crippen molar-refractivity contribution in [1.82, 2.24) is 19.7 Å². The van der Waals surface area contributed by atoms with Crippen molar-refractivity contribution < 1.29 is 14.3 Å². The van der Waals surface area contributed by atoms with Crippen molar-refractivity contribution in [2.24, 2.45) is 7.05 Å². The fraction of sp³-hybridized carbons (Fsp3) is 0.481. The monoisotopic (exact) mass is 503 g/mol. The van der Waals surface area contributed by atoms with Crippen molar-refractivity contribution in [3.63, 3.8) is 0 Å². The molecule has 37 heavy (non-hydrogen) atoms. The van der Waals surface area contributed by atoms with Gasteiger partial charge in [-0.15, -0.1) is 0 Å². The number of aryl methyl sites for hydroxylation is 1. The van der Waals surface area contributed by atoms with Gasteiger partial charge in [-0.2, -0.15) is 5.10 Å². The number of carbonyl (C=O) groups is 2. The number of aromatic nitrogens is 3. The molecule has 4 heterocycles. The number of fused-ring (bicyclic) bond motifs is 2. The number of ether oxygens (including phenoxy) is 1. The second-order valence-electron chi connectivity index (χ2n) is 11.3. The van der Waals surface area contributed by atoms with Crippen LogP contribution in [-0.2, 0) is 18.2 Å². The van der Waals surface area contributed by atoms with Gasteiger partial charge in [0, 0.05) is 67.9 Å². The lowest BCUT2D eigenvalue weighted by Crippen LogP contribution is -2.58. The summed E-state index contributed by atoms with van der Waals surface area (Å²) in [6.45, 7) is 8.38. The first kappa shape index (κ1) is 23.6. The third kappa shape index (κ3) is 4.34. The summed E-state index contributed by atoms with van der Waals surface area (Å²) in [7, 11) is 1.88. The summed E-state index contributed by atoms with van der Waals surface area (Å²) in [4.78, 5) is 36.7. The van der Waals surface area contributed by atoms with Crippen molar-refractivity contribution >= 4 is 40.2 Å². The molecule has 2 aromatic heterocycles. The topological polar surface area (TPSA) is 95.8 Å². The third-order valence-corrected chi connectivity index (χ3v) is 7.40. The summed E-state index contributed by atoms with van der Waals surface area (Å²) in [6.07, 6.45) is 6.18. The highest BCUT2D eigenvalue weighted by Gasteiger charge is 2.54. The van der Waals surface area contributed by atoms with Gasteiger partial charge in [0.25, 0.3) is 0 Å². The second-order valence-corrected chi connectivity index (χ2v) is 11.3. The van der Waals surface area contributed by atoms with Crippen LogP contribution in [0.15, 0.2) is 36.7 Å². The molecule has 10 nitrogen and oxygen atoms in total. The highest BCUT2D eigenvalue weighted by atomic mass is 16.6. The number of benzene rings is 1. The molecular formula is C27H33N7O3. The lowest BCUT2D eigenvalue weighted by molar-refractivity contribution is 0.0106. The molecule has 10 heteroatoms. The van der Waals surface area contributed by atoms with E-state index in [9.17, 15) is 9.59 Å². The molecular weight excluding hydrogens is 470 g/mol. The fourth-order valence-electron chi connectivity index (χ4n) is 5.54. The predicted molar refractivity (Wildman–Crippen MR) is 142 cm³/mol. The first-order valence-electron chi connectivity index (χ1n) is 12.9. The van der Waals surface area contributed by atoms with Crippen molar-refractivity contribution in [3.05, 3.63) is 42.2 Å². The Hall–Kier alpha value is -3.82. The molecule has 1 aliphatic carbocycles. The van der Waals surface area contributed by atoms with E-state index in [2.05, 4.69) is 20.3 Å². The number of urea groups is 1. The Balaban J connectivity index is 1.18. The average Bonchev–Trinajstić information content (AvgIpc) is 3.27. The predicted octanol–water partition coefficient (Wildman–Crippen LogP) is 4.15. The highest BCUT2D eigenvalue weighted by molar-refractivity contribution is 6.03. The van der Waals surface area contributed by atoms with E-state index in [-0.39, 0.29) is 17.7 Å². The van der Waals surface area contributed by atoms with Gasteiger partial charge in [-0.3, -0.25) is 14.5 Å². The minimum absolute atomic E-state index is 0.169. The first-order valence-corrected chi connectivity index (χ1v) is 12.9. The van der Waals surface area contributed by atoms with E-state index >= 15 is 0 Å². The number of hydrogen-bond donors (Lipinski definition) is 1. The smallest absolute Gasteiger partial charge is 0.410 e. The lowest BCUT2D eigenvalue weighted by atomic mass is 10.1. The maximum atomic E-state index is 13.2. The van der Waals surface area contributed by atoms with E-state index in [4.69, 9.17) is 4.74 Å². The van der Waals surface area contributed by atoms with E-state index in [0.717, 1.165) is 60.2 Å². The molecule has 0 bridgehead atoms. The number of rotatable bonds is 2. The number of pyridine rings is 1. The molecule has 3 aromatic rings. The van der Waals surface area contributed by atoms with Crippen LogP contribution in [-0.4, -0.2) is 69.1 Å². The molecule has 3 aliphatic rings. The van der Waals surface area contributed by atoms with Gasteiger partial charge in [-0.1, -0.05) is 0 Å². The number of piperazine rings is 1. The molecule has 0 atom stereocenters. The van der Waals surface area contributed by atoms with Crippen LogP contribution in [0.3, 0.4) is 0 Å². The first-order chi connectivity index (χ1) is 17.6. The van der Waals surface area contributed by atoms with E-state index in [1.54, 1.807) is 15.8 Å². The van der Waals surface area contributed by atoms with Crippen LogP contribution >= 0.6 is 0 Å². The van der Waals surface area contributed by atoms with Crippen LogP contribution in [0.2, 0.25) is 0 Å². The maximum absolute atomic E-state index is 13.2. The van der Waals surface area contributed by atoms with Gasteiger partial charge in [0.15, 0.2) is 0 Å². The Labute approximate surface area is 216 Å². The van der Waals surface area contributed by atoms with Crippen LogP contribution in [0, 0.1) is 0 Å². The third-order valence-electron chi connectivity index (χ3n) is 7.40. The lowest BCUT2D eigenvalue weighted by Gasteiger charge is -2.43. The van der Waals surface area contributed by atoms with E-state index in [0.29, 0.717) is 18.9 Å². The van der Waals surface area contributed by atoms with Crippen LogP contribution in [0.1, 0.15) is 39.2 Å². The van der Waals surface area contributed by atoms with Crippen LogP contribution in [0.5, 0.6) is 0 Å². The van der Waals surface area contributed by atoms with E-state index in [1.807, 2.05) is 63.2 Å². The summed E-state index contributed by atoms with van der Waals surface area (Å²) < 4.78 is 7.45. The van der Waals surface area contributed by atoms with Gasteiger partial charge < -0.3 is 15.0 Å². The molecule has 2 aliphatic heterocycles. The van der Waals surface area contributed by atoms with Gasteiger partial charge in [0.2, 0.25) is 0 Å². The van der Waals surface area contributed by atoms with Gasteiger partial charge in [-0.25, -0.2) is 14.6 Å². The molecule has 1 aromatic carbocycles. The highest BCUT2D eigenvalue weighted by Crippen LogP contribution is 2.47. The van der Waals surface area contributed by atoms with Gasteiger partial charge in [0.1, 0.15) is 11.4 Å². The summed E-state index contributed by atoms with van der Waals surface area (Å²) in [6, 6.07) is 7.55. The summed E-state index contributed by atoms with van der Waals surface area (Å²) in [5.74, 6) is 0.705. The van der Waals surface area contributed by atoms with Gasteiger partial charge in [0.05, 0.1) is 11.1 Å². The number of anilines is 3. The number of nitrogens with zero attached hydrogens (tertiary/aromatic N) is 6. The number of carbonyl (C=O) groups excluding carboxylic acids is 2. The Morgan fingerprint density at radius 1 is 1.11 bits per heavy atom. The zero-order chi connectivity index (χ0) is 25.9. The van der Waals surface area contributed by atoms with Crippen LogP contribution < -0.4 is 15.1 Å². The molecule has 1 N–H and O–H groups in total. The minimum atomic E-state index is -0.510.